The Balaban J connectivity index is 2.03. The summed E-state index contributed by atoms with van der Waals surface area (Å²) in [6.07, 6.45) is 0. The van der Waals surface area contributed by atoms with Crippen molar-refractivity contribution < 1.29 is 0 Å². The highest BCUT2D eigenvalue weighted by Gasteiger charge is 2.12. The molecule has 0 bridgehead atoms. The molecular weight excluding hydrogens is 384 g/mol. The minimum absolute atomic E-state index is 0.679. The minimum atomic E-state index is 0.679. The molecule has 3 aromatic carbocycles. The van der Waals surface area contributed by atoms with Gasteiger partial charge in [0.2, 0.25) is 0 Å². The first-order valence-corrected chi connectivity index (χ1v) is 8.66. The van der Waals surface area contributed by atoms with E-state index in [2.05, 4.69) is 15.9 Å². The Hall–Kier alpha value is -2.23. The lowest BCUT2D eigenvalue weighted by atomic mass is 10.1. The Labute approximate surface area is 153 Å². The molecule has 0 N–H and O–H groups in total. The van der Waals surface area contributed by atoms with Crippen LogP contribution in [0, 0.1) is 0 Å². The maximum absolute atomic E-state index is 6.19. The van der Waals surface area contributed by atoms with Crippen molar-refractivity contribution in [1.29, 1.82) is 0 Å². The van der Waals surface area contributed by atoms with E-state index in [0.29, 0.717) is 10.8 Å². The van der Waals surface area contributed by atoms with Crippen molar-refractivity contribution in [2.24, 2.45) is 0 Å². The van der Waals surface area contributed by atoms with Crippen LogP contribution in [-0.4, -0.2) is 9.97 Å². The molecule has 4 aromatic rings. The average Bonchev–Trinajstić information content (AvgIpc) is 2.61. The van der Waals surface area contributed by atoms with E-state index in [9.17, 15) is 0 Å². The molecule has 0 radical (unpaired) electrons. The highest BCUT2D eigenvalue weighted by molar-refractivity contribution is 9.10. The van der Waals surface area contributed by atoms with Gasteiger partial charge in [0.15, 0.2) is 5.82 Å². The molecule has 0 unspecified atom stereocenters. The molecule has 2 nitrogen and oxygen atoms in total. The molecule has 0 aliphatic rings. The van der Waals surface area contributed by atoms with Gasteiger partial charge in [-0.3, -0.25) is 0 Å². The number of hydrogen-bond acceptors (Lipinski definition) is 2. The van der Waals surface area contributed by atoms with Crippen LogP contribution in [0.15, 0.2) is 77.3 Å². The largest absolute Gasteiger partial charge is 0.228 e. The van der Waals surface area contributed by atoms with Gasteiger partial charge in [-0.15, -0.1) is 0 Å². The number of halogens is 2. The lowest BCUT2D eigenvalue weighted by Crippen LogP contribution is -1.95. The van der Waals surface area contributed by atoms with Crippen molar-refractivity contribution in [3.05, 3.63) is 82.3 Å². The summed E-state index contributed by atoms with van der Waals surface area (Å²) < 4.78 is 1.00. The fraction of sp³-hybridized carbons (Fsp3) is 0. The van der Waals surface area contributed by atoms with Gasteiger partial charge < -0.3 is 0 Å². The van der Waals surface area contributed by atoms with Gasteiger partial charge in [0.1, 0.15) is 0 Å². The van der Waals surface area contributed by atoms with E-state index >= 15 is 0 Å². The molecule has 4 heteroatoms. The summed E-state index contributed by atoms with van der Waals surface area (Å²) in [7, 11) is 0. The third-order valence-electron chi connectivity index (χ3n) is 3.79. The molecule has 0 spiro atoms. The predicted molar refractivity (Wildman–Crippen MR) is 103 cm³/mol. The summed E-state index contributed by atoms with van der Waals surface area (Å²) in [5.41, 5.74) is 3.78. The lowest BCUT2D eigenvalue weighted by molar-refractivity contribution is 1.23. The Morgan fingerprint density at radius 2 is 1.54 bits per heavy atom. The maximum atomic E-state index is 6.19. The molecule has 1 aromatic heterocycles. The third-order valence-corrected chi connectivity index (χ3v) is 4.52. The van der Waals surface area contributed by atoms with Crippen LogP contribution < -0.4 is 0 Å². The topological polar surface area (TPSA) is 25.8 Å². The summed E-state index contributed by atoms with van der Waals surface area (Å²) in [4.78, 5) is 9.56. The molecule has 0 fully saturated rings. The van der Waals surface area contributed by atoms with Crippen LogP contribution in [0.25, 0.3) is 33.5 Å². The van der Waals surface area contributed by atoms with Crippen LogP contribution in [0.3, 0.4) is 0 Å². The second-order valence-corrected chi connectivity index (χ2v) is 6.79. The van der Waals surface area contributed by atoms with E-state index in [1.165, 1.54) is 0 Å². The first kappa shape index (κ1) is 15.3. The van der Waals surface area contributed by atoms with Gasteiger partial charge in [-0.05, 0) is 30.3 Å². The molecule has 24 heavy (non-hydrogen) atoms. The van der Waals surface area contributed by atoms with Crippen molar-refractivity contribution in [3.63, 3.8) is 0 Å². The van der Waals surface area contributed by atoms with Crippen molar-refractivity contribution in [2.45, 2.75) is 0 Å². The number of aromatic nitrogens is 2. The van der Waals surface area contributed by atoms with Crippen molar-refractivity contribution >= 4 is 38.4 Å². The smallest absolute Gasteiger partial charge is 0.160 e. The van der Waals surface area contributed by atoms with Gasteiger partial charge in [-0.2, -0.15) is 0 Å². The number of nitrogens with zero attached hydrogens (tertiary/aromatic N) is 2. The second kappa shape index (κ2) is 6.34. The molecule has 116 valence electrons. The quantitative estimate of drug-likeness (QED) is 0.393. The van der Waals surface area contributed by atoms with E-state index in [0.717, 1.165) is 32.2 Å². The zero-order valence-electron chi connectivity index (χ0n) is 12.6. The third kappa shape index (κ3) is 2.93. The molecule has 0 aliphatic carbocycles. The minimum Gasteiger partial charge on any atom is -0.228 e. The number of hydrogen-bond donors (Lipinski definition) is 0. The Bertz CT molecular complexity index is 1030. The van der Waals surface area contributed by atoms with Crippen LogP contribution in [0.5, 0.6) is 0 Å². The molecule has 0 atom stereocenters. The predicted octanol–water partition coefficient (Wildman–Crippen LogP) is 6.38. The second-order valence-electron chi connectivity index (χ2n) is 5.43. The summed E-state index contributed by atoms with van der Waals surface area (Å²) in [5, 5.41) is 1.63. The van der Waals surface area contributed by atoms with E-state index in [4.69, 9.17) is 21.6 Å². The van der Waals surface area contributed by atoms with Crippen molar-refractivity contribution in [3.8, 4) is 22.6 Å². The molecule has 0 saturated carbocycles. The zero-order chi connectivity index (χ0) is 16.5. The van der Waals surface area contributed by atoms with E-state index in [1.807, 2.05) is 72.8 Å². The van der Waals surface area contributed by atoms with Crippen LogP contribution in [0.2, 0.25) is 5.02 Å². The molecule has 0 aliphatic heterocycles. The summed E-state index contributed by atoms with van der Waals surface area (Å²) in [6.45, 7) is 0. The van der Waals surface area contributed by atoms with E-state index in [1.54, 1.807) is 0 Å². The standard InChI is InChI=1S/C20H12BrClN2/c21-15-8-4-7-14(11-15)20-23-18-10-9-16(22)12-17(18)19(24-20)13-5-2-1-3-6-13/h1-12H. The monoisotopic (exact) mass is 394 g/mol. The molecule has 0 amide bonds. The van der Waals surface area contributed by atoms with Gasteiger partial charge in [0.05, 0.1) is 11.2 Å². The van der Waals surface area contributed by atoms with E-state index in [-0.39, 0.29) is 0 Å². The Kier molecular flexibility index (Phi) is 4.05. The van der Waals surface area contributed by atoms with Crippen LogP contribution in [0.1, 0.15) is 0 Å². The van der Waals surface area contributed by atoms with Crippen LogP contribution in [0.4, 0.5) is 0 Å². The van der Waals surface area contributed by atoms with Crippen molar-refractivity contribution in [1.82, 2.24) is 9.97 Å². The summed E-state index contributed by atoms with van der Waals surface area (Å²) in [5.74, 6) is 0.699. The highest BCUT2D eigenvalue weighted by Crippen LogP contribution is 2.31. The number of benzene rings is 3. The number of rotatable bonds is 2. The fourth-order valence-electron chi connectivity index (χ4n) is 2.67. The molecule has 1 heterocycles. The number of fused-ring (bicyclic) bond motifs is 1. The highest BCUT2D eigenvalue weighted by atomic mass is 79.9. The molecule has 4 rings (SSSR count). The van der Waals surface area contributed by atoms with Crippen LogP contribution in [-0.2, 0) is 0 Å². The van der Waals surface area contributed by atoms with Gasteiger partial charge in [0, 0.05) is 26.0 Å². The SMILES string of the molecule is Clc1ccc2nc(-c3cccc(Br)c3)nc(-c3ccccc3)c2c1. The van der Waals surface area contributed by atoms with Gasteiger partial charge in [-0.25, -0.2) is 9.97 Å². The van der Waals surface area contributed by atoms with E-state index < -0.39 is 0 Å². The fourth-order valence-corrected chi connectivity index (χ4v) is 3.24. The maximum Gasteiger partial charge on any atom is 0.160 e. The zero-order valence-corrected chi connectivity index (χ0v) is 14.9. The average molecular weight is 396 g/mol. The first-order valence-electron chi connectivity index (χ1n) is 7.49. The van der Waals surface area contributed by atoms with Gasteiger partial charge in [0.25, 0.3) is 0 Å². The van der Waals surface area contributed by atoms with Gasteiger partial charge in [-0.1, -0.05) is 70.0 Å². The summed E-state index contributed by atoms with van der Waals surface area (Å²) >= 11 is 9.70. The lowest BCUT2D eigenvalue weighted by Gasteiger charge is -2.10. The first-order chi connectivity index (χ1) is 11.7. The Morgan fingerprint density at radius 3 is 2.33 bits per heavy atom. The normalized spacial score (nSPS) is 10.9. The van der Waals surface area contributed by atoms with Crippen molar-refractivity contribution in [2.75, 3.05) is 0 Å². The van der Waals surface area contributed by atoms with Crippen LogP contribution >= 0.6 is 27.5 Å². The summed E-state index contributed by atoms with van der Waals surface area (Å²) in [6, 6.07) is 23.8. The van der Waals surface area contributed by atoms with Gasteiger partial charge >= 0.3 is 0 Å². The molecule has 0 saturated heterocycles. The molecular formula is C20H12BrClN2. The Morgan fingerprint density at radius 1 is 0.750 bits per heavy atom.